The van der Waals surface area contributed by atoms with Gasteiger partial charge in [0.2, 0.25) is 0 Å². The summed E-state index contributed by atoms with van der Waals surface area (Å²) >= 11 is 0. The Morgan fingerprint density at radius 2 is 1.92 bits per heavy atom. The summed E-state index contributed by atoms with van der Waals surface area (Å²) < 4.78 is 0. The van der Waals surface area contributed by atoms with Crippen molar-refractivity contribution in [1.82, 2.24) is 0 Å². The maximum absolute atomic E-state index is 11.7. The van der Waals surface area contributed by atoms with Gasteiger partial charge in [0.1, 0.15) is 5.78 Å². The second kappa shape index (κ2) is 3.11. The quantitative estimate of drug-likeness (QED) is 0.559. The van der Waals surface area contributed by atoms with E-state index in [1.54, 1.807) is 0 Å². The maximum Gasteiger partial charge on any atom is 0.136 e. The highest BCUT2D eigenvalue weighted by Crippen LogP contribution is 2.48. The van der Waals surface area contributed by atoms with Crippen LogP contribution >= 0.6 is 0 Å². The van der Waals surface area contributed by atoms with E-state index in [1.807, 2.05) is 0 Å². The third-order valence-electron chi connectivity index (χ3n) is 4.20. The zero-order valence-electron chi connectivity index (χ0n) is 8.81. The van der Waals surface area contributed by atoms with Gasteiger partial charge >= 0.3 is 0 Å². The van der Waals surface area contributed by atoms with Gasteiger partial charge in [0.15, 0.2) is 0 Å². The van der Waals surface area contributed by atoms with E-state index < -0.39 is 0 Å². The normalized spacial score (nSPS) is 38.5. The molecule has 2 fully saturated rings. The van der Waals surface area contributed by atoms with Gasteiger partial charge in [-0.1, -0.05) is 26.7 Å². The first-order valence-electron chi connectivity index (χ1n) is 5.64. The Bertz CT molecular complexity index is 217. The number of rotatable bonds is 0. The van der Waals surface area contributed by atoms with Crippen LogP contribution in [0.25, 0.3) is 0 Å². The van der Waals surface area contributed by atoms with Crippen LogP contribution in [0, 0.1) is 17.3 Å². The number of hydrogen-bond donors (Lipinski definition) is 0. The van der Waals surface area contributed by atoms with Gasteiger partial charge < -0.3 is 0 Å². The zero-order chi connectivity index (χ0) is 9.47. The Kier molecular flexibility index (Phi) is 2.21. The van der Waals surface area contributed by atoms with Crippen molar-refractivity contribution in [3.63, 3.8) is 0 Å². The molecule has 2 atom stereocenters. The molecule has 0 aromatic rings. The average Bonchev–Trinajstić information content (AvgIpc) is 2.13. The Morgan fingerprint density at radius 1 is 1.23 bits per heavy atom. The van der Waals surface area contributed by atoms with Crippen LogP contribution in [0.2, 0.25) is 0 Å². The fourth-order valence-corrected chi connectivity index (χ4v) is 3.27. The second-order valence-electron chi connectivity index (χ2n) is 5.45. The van der Waals surface area contributed by atoms with E-state index in [9.17, 15) is 4.79 Å². The predicted octanol–water partition coefficient (Wildman–Crippen LogP) is 3.18. The monoisotopic (exact) mass is 180 g/mol. The standard InChI is InChI=1S/C12H20O/c1-12(2)8-7-11(13)9-5-3-4-6-10(9)12/h9-10H,3-8H2,1-2H3/t9-,10-/m0/s1. The van der Waals surface area contributed by atoms with Crippen LogP contribution in [0.1, 0.15) is 52.4 Å². The molecule has 0 saturated heterocycles. The van der Waals surface area contributed by atoms with E-state index in [0.717, 1.165) is 12.8 Å². The third kappa shape index (κ3) is 1.53. The van der Waals surface area contributed by atoms with Crippen molar-refractivity contribution in [3.05, 3.63) is 0 Å². The molecule has 0 radical (unpaired) electrons. The molecule has 2 aliphatic carbocycles. The molecule has 0 amide bonds. The first-order chi connectivity index (χ1) is 6.11. The van der Waals surface area contributed by atoms with E-state index >= 15 is 0 Å². The number of hydrogen-bond acceptors (Lipinski definition) is 1. The molecule has 1 heteroatoms. The van der Waals surface area contributed by atoms with Crippen molar-refractivity contribution < 1.29 is 4.79 Å². The molecule has 0 aromatic carbocycles. The Hall–Kier alpha value is -0.330. The van der Waals surface area contributed by atoms with Crippen molar-refractivity contribution in [1.29, 1.82) is 0 Å². The van der Waals surface area contributed by atoms with E-state index in [-0.39, 0.29) is 0 Å². The summed E-state index contributed by atoms with van der Waals surface area (Å²) in [6, 6.07) is 0. The smallest absolute Gasteiger partial charge is 0.136 e. The maximum atomic E-state index is 11.7. The minimum Gasteiger partial charge on any atom is -0.299 e. The molecule has 2 aliphatic rings. The number of Topliss-reactive ketones (excluding diaryl/α,β-unsaturated/α-hetero) is 1. The van der Waals surface area contributed by atoms with E-state index in [4.69, 9.17) is 0 Å². The lowest BCUT2D eigenvalue weighted by Gasteiger charge is -2.45. The summed E-state index contributed by atoms with van der Waals surface area (Å²) in [6.45, 7) is 4.70. The third-order valence-corrected chi connectivity index (χ3v) is 4.20. The molecule has 2 rings (SSSR count). The van der Waals surface area contributed by atoms with Gasteiger partial charge in [-0.2, -0.15) is 0 Å². The van der Waals surface area contributed by atoms with Crippen LogP contribution in [0.5, 0.6) is 0 Å². The molecule has 0 bridgehead atoms. The molecule has 2 saturated carbocycles. The largest absolute Gasteiger partial charge is 0.299 e. The summed E-state index contributed by atoms with van der Waals surface area (Å²) in [7, 11) is 0. The molecule has 0 spiro atoms. The number of ketones is 1. The molecule has 0 aromatic heterocycles. The summed E-state index contributed by atoms with van der Waals surface area (Å²) in [5.74, 6) is 1.68. The second-order valence-corrected chi connectivity index (χ2v) is 5.45. The molecule has 0 aliphatic heterocycles. The van der Waals surface area contributed by atoms with Crippen LogP contribution in [-0.4, -0.2) is 5.78 Å². The zero-order valence-corrected chi connectivity index (χ0v) is 8.81. The van der Waals surface area contributed by atoms with Crippen LogP contribution in [-0.2, 0) is 4.79 Å². The van der Waals surface area contributed by atoms with E-state index in [0.29, 0.717) is 23.0 Å². The highest BCUT2D eigenvalue weighted by atomic mass is 16.1. The lowest BCUT2D eigenvalue weighted by Crippen LogP contribution is -2.41. The topological polar surface area (TPSA) is 17.1 Å². The van der Waals surface area contributed by atoms with Crippen LogP contribution in [0.4, 0.5) is 0 Å². The summed E-state index contributed by atoms with van der Waals surface area (Å²) in [6.07, 6.45) is 7.05. The lowest BCUT2D eigenvalue weighted by molar-refractivity contribution is -0.133. The summed E-state index contributed by atoms with van der Waals surface area (Å²) in [5, 5.41) is 0. The molecule has 0 heterocycles. The van der Waals surface area contributed by atoms with Gasteiger partial charge in [0.05, 0.1) is 0 Å². The highest BCUT2D eigenvalue weighted by molar-refractivity contribution is 5.82. The lowest BCUT2D eigenvalue weighted by atomic mass is 9.58. The first kappa shape index (κ1) is 9.23. The minimum atomic E-state index is 0.428. The minimum absolute atomic E-state index is 0.428. The molecule has 74 valence electrons. The van der Waals surface area contributed by atoms with Crippen molar-refractivity contribution in [2.24, 2.45) is 17.3 Å². The number of carbonyl (C=O) groups is 1. The average molecular weight is 180 g/mol. The first-order valence-corrected chi connectivity index (χ1v) is 5.64. The van der Waals surface area contributed by atoms with Crippen LogP contribution < -0.4 is 0 Å². The molecule has 13 heavy (non-hydrogen) atoms. The highest BCUT2D eigenvalue weighted by Gasteiger charge is 2.43. The number of fused-ring (bicyclic) bond motifs is 1. The molecule has 0 unspecified atom stereocenters. The fraction of sp³-hybridized carbons (Fsp3) is 0.917. The Morgan fingerprint density at radius 3 is 2.62 bits per heavy atom. The van der Waals surface area contributed by atoms with Crippen molar-refractivity contribution in [2.75, 3.05) is 0 Å². The number of carbonyl (C=O) groups excluding carboxylic acids is 1. The van der Waals surface area contributed by atoms with Crippen molar-refractivity contribution in [2.45, 2.75) is 52.4 Å². The van der Waals surface area contributed by atoms with Gasteiger partial charge in [-0.05, 0) is 30.6 Å². The van der Waals surface area contributed by atoms with E-state index in [1.165, 1.54) is 25.7 Å². The Balaban J connectivity index is 2.19. The van der Waals surface area contributed by atoms with Gasteiger partial charge in [-0.25, -0.2) is 0 Å². The van der Waals surface area contributed by atoms with Crippen molar-refractivity contribution >= 4 is 5.78 Å². The van der Waals surface area contributed by atoms with Gasteiger partial charge in [-0.15, -0.1) is 0 Å². The van der Waals surface area contributed by atoms with Crippen molar-refractivity contribution in [3.8, 4) is 0 Å². The summed E-state index contributed by atoms with van der Waals surface area (Å²) in [5.41, 5.74) is 0.430. The predicted molar refractivity (Wildman–Crippen MR) is 53.5 cm³/mol. The fourth-order valence-electron chi connectivity index (χ4n) is 3.27. The Labute approximate surface area is 80.9 Å². The van der Waals surface area contributed by atoms with E-state index in [2.05, 4.69) is 13.8 Å². The SMILES string of the molecule is CC1(C)CCC(=O)[C@H]2CCCC[C@@H]21. The van der Waals surface area contributed by atoms with Crippen LogP contribution in [0.3, 0.4) is 0 Å². The van der Waals surface area contributed by atoms with Gasteiger partial charge in [0.25, 0.3) is 0 Å². The molecule has 0 N–H and O–H groups in total. The summed E-state index contributed by atoms with van der Waals surface area (Å²) in [4.78, 5) is 11.7. The van der Waals surface area contributed by atoms with Gasteiger partial charge in [-0.3, -0.25) is 4.79 Å². The van der Waals surface area contributed by atoms with Crippen LogP contribution in [0.15, 0.2) is 0 Å². The van der Waals surface area contributed by atoms with Gasteiger partial charge in [0, 0.05) is 12.3 Å². The molecular weight excluding hydrogens is 160 g/mol. The molecular formula is C12H20O. The molecule has 1 nitrogen and oxygen atoms in total.